The summed E-state index contributed by atoms with van der Waals surface area (Å²) in [5, 5.41) is 0.288. The van der Waals surface area contributed by atoms with Crippen LogP contribution in [-0.2, 0) is 7.05 Å². The predicted octanol–water partition coefficient (Wildman–Crippen LogP) is 1.68. The van der Waals surface area contributed by atoms with Crippen LogP contribution < -0.4 is 0 Å². The van der Waals surface area contributed by atoms with E-state index in [2.05, 4.69) is 15.0 Å². The van der Waals surface area contributed by atoms with Crippen LogP contribution in [0.5, 0.6) is 0 Å². The average molecular weight is 201 g/mol. The molecule has 0 amide bonds. The molecule has 0 saturated carbocycles. The molecule has 0 unspecified atom stereocenters. The van der Waals surface area contributed by atoms with Gasteiger partial charge in [0.2, 0.25) is 5.28 Å². The normalized spacial score (nSPS) is 10.8. The van der Waals surface area contributed by atoms with Crippen molar-refractivity contribution in [3.63, 3.8) is 0 Å². The first-order chi connectivity index (χ1) is 5.68. The van der Waals surface area contributed by atoms with Gasteiger partial charge in [0.1, 0.15) is 11.2 Å². The van der Waals surface area contributed by atoms with E-state index in [1.165, 1.54) is 0 Å². The number of H-pyrrole nitrogens is 1. The number of nitrogens with zero attached hydrogens (tertiary/aromatic N) is 3. The van der Waals surface area contributed by atoms with Gasteiger partial charge in [-0.3, -0.25) is 0 Å². The molecule has 0 bridgehead atoms. The van der Waals surface area contributed by atoms with E-state index in [1.807, 2.05) is 7.05 Å². The van der Waals surface area contributed by atoms with E-state index in [-0.39, 0.29) is 5.28 Å². The third-order valence-corrected chi connectivity index (χ3v) is 2.02. The van der Waals surface area contributed by atoms with Crippen LogP contribution in [0.15, 0.2) is 6.33 Å². The number of fused-ring (bicyclic) bond motifs is 1. The SMILES string of the molecule is Cn1cnc2c(=S)nc(Cl)[nH]c21. The third kappa shape index (κ3) is 1.02. The molecule has 0 aliphatic heterocycles. The smallest absolute Gasteiger partial charge is 0.203 e. The van der Waals surface area contributed by atoms with Gasteiger partial charge >= 0.3 is 0 Å². The Bertz CT molecular complexity index is 486. The van der Waals surface area contributed by atoms with Gasteiger partial charge in [-0.25, -0.2) is 9.97 Å². The molecule has 6 heteroatoms. The van der Waals surface area contributed by atoms with E-state index >= 15 is 0 Å². The second-order valence-electron chi connectivity index (χ2n) is 2.39. The van der Waals surface area contributed by atoms with Crippen molar-refractivity contribution >= 4 is 35.0 Å². The highest BCUT2D eigenvalue weighted by Gasteiger charge is 2.03. The Morgan fingerprint density at radius 3 is 3.17 bits per heavy atom. The van der Waals surface area contributed by atoms with Crippen LogP contribution in [0.2, 0.25) is 5.28 Å². The number of aromatic nitrogens is 4. The molecule has 2 rings (SSSR count). The van der Waals surface area contributed by atoms with Crippen LogP contribution in [0.3, 0.4) is 0 Å². The van der Waals surface area contributed by atoms with Gasteiger partial charge < -0.3 is 9.55 Å². The molecule has 0 atom stereocenters. The number of halogens is 1. The van der Waals surface area contributed by atoms with Crippen LogP contribution in [-0.4, -0.2) is 19.5 Å². The zero-order valence-corrected chi connectivity index (χ0v) is 7.78. The summed E-state index contributed by atoms with van der Waals surface area (Å²) >= 11 is 10.6. The number of hydrogen-bond donors (Lipinski definition) is 1. The fourth-order valence-corrected chi connectivity index (χ4v) is 1.47. The van der Waals surface area contributed by atoms with Crippen molar-refractivity contribution in [2.45, 2.75) is 0 Å². The fraction of sp³-hybridized carbons (Fsp3) is 0.167. The maximum atomic E-state index is 5.68. The van der Waals surface area contributed by atoms with Crippen LogP contribution in [0.4, 0.5) is 0 Å². The molecule has 0 aliphatic carbocycles. The lowest BCUT2D eigenvalue weighted by molar-refractivity contribution is 0.928. The van der Waals surface area contributed by atoms with Gasteiger partial charge in [-0.2, -0.15) is 0 Å². The monoisotopic (exact) mass is 200 g/mol. The number of aryl methyl sites for hydroxylation is 1. The van der Waals surface area contributed by atoms with Crippen LogP contribution >= 0.6 is 23.8 Å². The van der Waals surface area contributed by atoms with Crippen LogP contribution in [0, 0.1) is 4.64 Å². The summed E-state index contributed by atoms with van der Waals surface area (Å²) < 4.78 is 2.23. The van der Waals surface area contributed by atoms with Crippen molar-refractivity contribution in [2.24, 2.45) is 7.05 Å². The maximum absolute atomic E-state index is 5.68. The fourth-order valence-electron chi connectivity index (χ4n) is 1.00. The molecule has 0 saturated heterocycles. The Kier molecular flexibility index (Phi) is 1.62. The molecule has 0 radical (unpaired) electrons. The summed E-state index contributed by atoms with van der Waals surface area (Å²) in [4.78, 5) is 10.8. The summed E-state index contributed by atoms with van der Waals surface area (Å²) in [6.45, 7) is 0. The van der Waals surface area contributed by atoms with Gasteiger partial charge in [-0.05, 0) is 11.6 Å². The van der Waals surface area contributed by atoms with E-state index in [1.54, 1.807) is 10.9 Å². The molecule has 2 aromatic rings. The molecule has 0 aromatic carbocycles. The van der Waals surface area contributed by atoms with Crippen molar-refractivity contribution in [3.8, 4) is 0 Å². The predicted molar refractivity (Wildman–Crippen MR) is 48.7 cm³/mol. The second-order valence-corrected chi connectivity index (χ2v) is 3.13. The molecule has 0 spiro atoms. The summed E-state index contributed by atoms with van der Waals surface area (Å²) in [6.07, 6.45) is 1.66. The van der Waals surface area contributed by atoms with E-state index in [4.69, 9.17) is 23.8 Å². The van der Waals surface area contributed by atoms with Crippen molar-refractivity contribution in [2.75, 3.05) is 0 Å². The minimum absolute atomic E-state index is 0.288. The molecule has 4 nitrogen and oxygen atoms in total. The zero-order chi connectivity index (χ0) is 8.72. The van der Waals surface area contributed by atoms with Gasteiger partial charge in [0, 0.05) is 7.05 Å². The highest BCUT2D eigenvalue weighted by Crippen LogP contribution is 2.11. The Balaban J connectivity index is 3.03. The molecule has 12 heavy (non-hydrogen) atoms. The summed E-state index contributed by atoms with van der Waals surface area (Å²) in [6, 6.07) is 0. The molecule has 0 fully saturated rings. The zero-order valence-electron chi connectivity index (χ0n) is 6.21. The molecule has 62 valence electrons. The minimum Gasteiger partial charge on any atom is -0.320 e. The van der Waals surface area contributed by atoms with Crippen LogP contribution in [0.1, 0.15) is 0 Å². The lowest BCUT2D eigenvalue weighted by Gasteiger charge is -1.94. The third-order valence-electron chi connectivity index (χ3n) is 1.56. The molecule has 2 heterocycles. The van der Waals surface area contributed by atoms with Crippen molar-refractivity contribution in [1.82, 2.24) is 19.5 Å². The Morgan fingerprint density at radius 1 is 1.67 bits per heavy atom. The molecule has 0 aliphatic rings. The number of hydrogen-bond acceptors (Lipinski definition) is 3. The van der Waals surface area contributed by atoms with Gasteiger partial charge in [-0.15, -0.1) is 0 Å². The number of aromatic amines is 1. The first-order valence-electron chi connectivity index (χ1n) is 3.25. The molecular formula is C6H5ClN4S. The largest absolute Gasteiger partial charge is 0.320 e. The van der Waals surface area contributed by atoms with Gasteiger partial charge in [0.15, 0.2) is 4.64 Å². The topological polar surface area (TPSA) is 46.5 Å². The molecular weight excluding hydrogens is 196 g/mol. The first kappa shape index (κ1) is 7.70. The van der Waals surface area contributed by atoms with Crippen LogP contribution in [0.25, 0.3) is 11.2 Å². The number of rotatable bonds is 0. The van der Waals surface area contributed by atoms with Crippen molar-refractivity contribution in [1.29, 1.82) is 0 Å². The number of nitrogens with one attached hydrogen (secondary N) is 1. The van der Waals surface area contributed by atoms with E-state index in [9.17, 15) is 0 Å². The van der Waals surface area contributed by atoms with Gasteiger partial charge in [0.05, 0.1) is 6.33 Å². The Labute approximate surface area is 78.2 Å². The summed E-state index contributed by atoms with van der Waals surface area (Å²) in [5.74, 6) is 0. The summed E-state index contributed by atoms with van der Waals surface area (Å²) in [7, 11) is 1.86. The average Bonchev–Trinajstić information content (AvgIpc) is 2.33. The maximum Gasteiger partial charge on any atom is 0.203 e. The Hall–Kier alpha value is -0.940. The Morgan fingerprint density at radius 2 is 2.42 bits per heavy atom. The quantitative estimate of drug-likeness (QED) is 0.520. The molecule has 2 aromatic heterocycles. The lowest BCUT2D eigenvalue weighted by Crippen LogP contribution is -1.90. The van der Waals surface area contributed by atoms with E-state index in [0.29, 0.717) is 10.2 Å². The summed E-state index contributed by atoms with van der Waals surface area (Å²) in [5.41, 5.74) is 1.47. The first-order valence-corrected chi connectivity index (χ1v) is 4.04. The van der Waals surface area contributed by atoms with E-state index < -0.39 is 0 Å². The van der Waals surface area contributed by atoms with Crippen molar-refractivity contribution in [3.05, 3.63) is 16.3 Å². The van der Waals surface area contributed by atoms with E-state index in [0.717, 1.165) is 5.65 Å². The standard InChI is InChI=1S/C6H5ClN4S/c1-11-2-8-3-4(11)9-6(7)10-5(3)12/h2H,1H3,(H,9,10,12). The van der Waals surface area contributed by atoms with Gasteiger partial charge in [-0.1, -0.05) is 12.2 Å². The number of imidazole rings is 1. The van der Waals surface area contributed by atoms with Crippen molar-refractivity contribution < 1.29 is 0 Å². The highest BCUT2D eigenvalue weighted by atomic mass is 35.5. The minimum atomic E-state index is 0.288. The second kappa shape index (κ2) is 2.53. The highest BCUT2D eigenvalue weighted by molar-refractivity contribution is 7.71. The molecule has 1 N–H and O–H groups in total. The lowest BCUT2D eigenvalue weighted by atomic mass is 10.6. The van der Waals surface area contributed by atoms with Gasteiger partial charge in [0.25, 0.3) is 0 Å².